The van der Waals surface area contributed by atoms with E-state index in [9.17, 15) is 9.90 Å². The minimum atomic E-state index is -0.859. The number of amides is 1. The highest BCUT2D eigenvalue weighted by atomic mass is 35.5. The molecular weight excluding hydrogens is 560 g/mol. The van der Waals surface area contributed by atoms with Crippen LogP contribution in [0.2, 0.25) is 5.02 Å². The lowest BCUT2D eigenvalue weighted by atomic mass is 9.84. The number of hydrogen-bond donors (Lipinski definition) is 1. The van der Waals surface area contributed by atoms with Crippen molar-refractivity contribution in [1.29, 1.82) is 0 Å². The van der Waals surface area contributed by atoms with E-state index in [2.05, 4.69) is 15.9 Å². The quantitative estimate of drug-likeness (QED) is 0.330. The summed E-state index contributed by atoms with van der Waals surface area (Å²) in [5, 5.41) is 16.8. The van der Waals surface area contributed by atoms with Crippen LogP contribution in [-0.4, -0.2) is 80.7 Å². The Morgan fingerprint density at radius 1 is 0.907 bits per heavy atom. The SMILES string of the molecule is O=C(c1ccc(Cc2nc3c(N4CCC(O)(c5ccc(Cl)cc5)CC4)cccn3n2)cc1)N1CCC(N2CCCC2)CC1. The van der Waals surface area contributed by atoms with E-state index in [0.29, 0.717) is 43.4 Å². The summed E-state index contributed by atoms with van der Waals surface area (Å²) in [4.78, 5) is 25.0. The van der Waals surface area contributed by atoms with Gasteiger partial charge in [-0.3, -0.25) is 4.79 Å². The molecule has 3 aliphatic heterocycles. The van der Waals surface area contributed by atoms with Gasteiger partial charge in [0.05, 0.1) is 11.3 Å². The normalized spacial score (nSPS) is 19.8. The lowest BCUT2D eigenvalue weighted by Crippen LogP contribution is -2.45. The fourth-order valence-corrected chi connectivity index (χ4v) is 7.22. The average molecular weight is 599 g/mol. The third-order valence-corrected chi connectivity index (χ3v) is 9.92. The number of piperidine rings is 2. The molecule has 0 bridgehead atoms. The van der Waals surface area contributed by atoms with E-state index in [1.807, 2.05) is 70.2 Å². The molecule has 2 aromatic carbocycles. The number of carbonyl (C=O) groups excluding carboxylic acids is 1. The molecule has 7 rings (SSSR count). The van der Waals surface area contributed by atoms with E-state index in [1.165, 1.54) is 25.9 Å². The molecule has 0 unspecified atom stereocenters. The Labute approximate surface area is 257 Å². The molecule has 3 fully saturated rings. The molecule has 0 spiro atoms. The van der Waals surface area contributed by atoms with Crippen LogP contribution in [0.4, 0.5) is 5.69 Å². The third kappa shape index (κ3) is 5.88. The molecule has 224 valence electrons. The minimum Gasteiger partial charge on any atom is -0.385 e. The first-order valence-corrected chi connectivity index (χ1v) is 16.0. The number of aliphatic hydroxyl groups is 1. The van der Waals surface area contributed by atoms with Crippen LogP contribution in [0, 0.1) is 0 Å². The number of halogens is 1. The van der Waals surface area contributed by atoms with Crippen molar-refractivity contribution in [2.45, 2.75) is 56.6 Å². The summed E-state index contributed by atoms with van der Waals surface area (Å²) in [7, 11) is 0. The first kappa shape index (κ1) is 28.3. The Kier molecular flexibility index (Phi) is 7.84. The largest absolute Gasteiger partial charge is 0.385 e. The highest BCUT2D eigenvalue weighted by Gasteiger charge is 2.35. The third-order valence-electron chi connectivity index (χ3n) is 9.67. The molecule has 9 heteroatoms. The maximum absolute atomic E-state index is 13.2. The molecule has 1 amide bonds. The zero-order valence-electron chi connectivity index (χ0n) is 24.5. The van der Waals surface area contributed by atoms with Crippen molar-refractivity contribution in [2.75, 3.05) is 44.2 Å². The molecule has 0 saturated carbocycles. The molecule has 5 heterocycles. The number of carbonyl (C=O) groups is 1. The van der Waals surface area contributed by atoms with Gasteiger partial charge in [-0.05, 0) is 99.1 Å². The zero-order valence-corrected chi connectivity index (χ0v) is 25.3. The van der Waals surface area contributed by atoms with Gasteiger partial charge in [0.1, 0.15) is 0 Å². The van der Waals surface area contributed by atoms with Gasteiger partial charge in [0.25, 0.3) is 5.91 Å². The second-order valence-electron chi connectivity index (χ2n) is 12.4. The van der Waals surface area contributed by atoms with Crippen molar-refractivity contribution < 1.29 is 9.90 Å². The fraction of sp³-hybridized carbons (Fsp3) is 0.441. The molecule has 3 saturated heterocycles. The van der Waals surface area contributed by atoms with Gasteiger partial charge < -0.3 is 19.8 Å². The number of anilines is 1. The topological polar surface area (TPSA) is 77.2 Å². The van der Waals surface area contributed by atoms with Crippen molar-refractivity contribution in [1.82, 2.24) is 24.4 Å². The fourth-order valence-electron chi connectivity index (χ4n) is 7.10. The maximum Gasteiger partial charge on any atom is 0.253 e. The van der Waals surface area contributed by atoms with Gasteiger partial charge in [-0.15, -0.1) is 0 Å². The predicted octanol–water partition coefficient (Wildman–Crippen LogP) is 5.16. The van der Waals surface area contributed by atoms with Crippen molar-refractivity contribution in [3.8, 4) is 0 Å². The van der Waals surface area contributed by atoms with Crippen LogP contribution in [0.1, 0.15) is 65.8 Å². The standard InChI is InChI=1S/C34H39ClN6O2/c35-28-11-9-27(10-12-28)34(43)15-22-39(23-16-34)30-4-3-19-41-32(30)36-31(37-41)24-25-5-7-26(8-6-25)33(42)40-20-13-29(14-21-40)38-17-1-2-18-38/h3-12,19,29,43H,1-2,13-18,20-24H2. The summed E-state index contributed by atoms with van der Waals surface area (Å²) in [5.74, 6) is 0.872. The summed E-state index contributed by atoms with van der Waals surface area (Å²) in [6.07, 6.45) is 8.54. The molecule has 2 aromatic heterocycles. The van der Waals surface area contributed by atoms with Crippen LogP contribution < -0.4 is 4.90 Å². The van der Waals surface area contributed by atoms with E-state index < -0.39 is 5.60 Å². The highest BCUT2D eigenvalue weighted by molar-refractivity contribution is 6.30. The number of benzene rings is 2. The monoisotopic (exact) mass is 598 g/mol. The second kappa shape index (κ2) is 11.9. The summed E-state index contributed by atoms with van der Waals surface area (Å²) >= 11 is 6.06. The van der Waals surface area contributed by atoms with E-state index >= 15 is 0 Å². The van der Waals surface area contributed by atoms with Gasteiger partial charge in [0.2, 0.25) is 0 Å². The Hall–Kier alpha value is -3.46. The molecule has 43 heavy (non-hydrogen) atoms. The van der Waals surface area contributed by atoms with Gasteiger partial charge >= 0.3 is 0 Å². The maximum atomic E-state index is 13.2. The Balaban J connectivity index is 0.987. The van der Waals surface area contributed by atoms with E-state index in [1.54, 1.807) is 0 Å². The van der Waals surface area contributed by atoms with Crippen molar-refractivity contribution in [3.05, 3.63) is 94.4 Å². The minimum absolute atomic E-state index is 0.131. The molecule has 0 radical (unpaired) electrons. The Morgan fingerprint density at radius 3 is 2.30 bits per heavy atom. The zero-order chi connectivity index (χ0) is 29.4. The van der Waals surface area contributed by atoms with Crippen molar-refractivity contribution in [3.63, 3.8) is 0 Å². The van der Waals surface area contributed by atoms with Crippen LogP contribution in [0.15, 0.2) is 66.9 Å². The number of pyridine rings is 1. The molecule has 3 aliphatic rings. The number of likely N-dealkylation sites (tertiary alicyclic amines) is 2. The molecule has 0 atom stereocenters. The van der Waals surface area contributed by atoms with Crippen molar-refractivity contribution >= 4 is 28.8 Å². The first-order chi connectivity index (χ1) is 20.9. The van der Waals surface area contributed by atoms with Gasteiger partial charge in [0.15, 0.2) is 11.5 Å². The first-order valence-electron chi connectivity index (χ1n) is 15.7. The van der Waals surface area contributed by atoms with Crippen LogP contribution in [0.5, 0.6) is 0 Å². The summed E-state index contributed by atoms with van der Waals surface area (Å²) < 4.78 is 1.84. The van der Waals surface area contributed by atoms with Gasteiger partial charge in [-0.25, -0.2) is 9.50 Å². The molecular formula is C34H39ClN6O2. The molecule has 8 nitrogen and oxygen atoms in total. The van der Waals surface area contributed by atoms with E-state index in [4.69, 9.17) is 21.7 Å². The van der Waals surface area contributed by atoms with E-state index in [0.717, 1.165) is 59.8 Å². The number of nitrogens with zero attached hydrogens (tertiary/aromatic N) is 6. The average Bonchev–Trinajstić information content (AvgIpc) is 3.72. The lowest BCUT2D eigenvalue weighted by Gasteiger charge is -2.39. The van der Waals surface area contributed by atoms with Crippen LogP contribution in [0.3, 0.4) is 0 Å². The Bertz CT molecular complexity index is 1560. The summed E-state index contributed by atoms with van der Waals surface area (Å²) in [6.45, 7) is 5.55. The predicted molar refractivity (Wildman–Crippen MR) is 169 cm³/mol. The number of hydrogen-bond acceptors (Lipinski definition) is 6. The van der Waals surface area contributed by atoms with Crippen LogP contribution >= 0.6 is 11.6 Å². The Morgan fingerprint density at radius 2 is 1.60 bits per heavy atom. The number of rotatable bonds is 6. The van der Waals surface area contributed by atoms with Gasteiger partial charge in [-0.2, -0.15) is 5.10 Å². The van der Waals surface area contributed by atoms with E-state index in [-0.39, 0.29) is 5.91 Å². The lowest BCUT2D eigenvalue weighted by molar-refractivity contribution is 0.0118. The molecule has 4 aromatic rings. The molecule has 1 N–H and O–H groups in total. The van der Waals surface area contributed by atoms with Gasteiger partial charge in [0, 0.05) is 55.4 Å². The number of fused-ring (bicyclic) bond motifs is 1. The highest BCUT2D eigenvalue weighted by Crippen LogP contribution is 2.36. The van der Waals surface area contributed by atoms with Crippen LogP contribution in [0.25, 0.3) is 5.65 Å². The van der Waals surface area contributed by atoms with Crippen LogP contribution in [-0.2, 0) is 12.0 Å². The summed E-state index contributed by atoms with van der Waals surface area (Å²) in [5.41, 5.74) is 3.72. The second-order valence-corrected chi connectivity index (χ2v) is 12.8. The van der Waals surface area contributed by atoms with Gasteiger partial charge in [-0.1, -0.05) is 35.9 Å². The smallest absolute Gasteiger partial charge is 0.253 e. The van der Waals surface area contributed by atoms with Crippen molar-refractivity contribution in [2.24, 2.45) is 0 Å². The molecule has 0 aliphatic carbocycles. The summed E-state index contributed by atoms with van der Waals surface area (Å²) in [6, 6.07) is 20.2. The number of aromatic nitrogens is 3.